The van der Waals surface area contributed by atoms with E-state index in [1.165, 1.54) is 6.20 Å². The Bertz CT molecular complexity index is 1820. The van der Waals surface area contributed by atoms with E-state index in [0.717, 1.165) is 27.9 Å². The summed E-state index contributed by atoms with van der Waals surface area (Å²) in [5, 5.41) is 16.3. The van der Waals surface area contributed by atoms with E-state index < -0.39 is 12.7 Å². The van der Waals surface area contributed by atoms with Gasteiger partial charge in [-0.1, -0.05) is 50.6 Å². The molecule has 1 amide bonds. The smallest absolute Gasteiger partial charge is 0.410 e. The predicted octanol–water partition coefficient (Wildman–Crippen LogP) is 8.18. The number of ether oxygens (including phenoxy) is 1. The summed E-state index contributed by atoms with van der Waals surface area (Å²) in [4.78, 5) is 23.9. The van der Waals surface area contributed by atoms with Crippen LogP contribution >= 0.6 is 18.7 Å². The fourth-order valence-electron chi connectivity index (χ4n) is 5.38. The molecule has 0 saturated carbocycles. The first kappa shape index (κ1) is 32.5. The number of hydrogen-bond donors (Lipinski definition) is 3. The van der Waals surface area contributed by atoms with Crippen LogP contribution in [0.25, 0.3) is 16.5 Å². The third kappa shape index (κ3) is 7.51. The molecular formula is C33H41ClN7O3P. The summed E-state index contributed by atoms with van der Waals surface area (Å²) in [6, 6.07) is 13.2. The van der Waals surface area contributed by atoms with Gasteiger partial charge in [0.2, 0.25) is 5.95 Å². The van der Waals surface area contributed by atoms with Gasteiger partial charge in [-0.3, -0.25) is 5.10 Å². The zero-order valence-electron chi connectivity index (χ0n) is 27.0. The molecule has 0 radical (unpaired) electrons. The number of amides is 1. The summed E-state index contributed by atoms with van der Waals surface area (Å²) in [7, 11) is -2.54. The Morgan fingerprint density at radius 3 is 2.51 bits per heavy atom. The van der Waals surface area contributed by atoms with Gasteiger partial charge in [-0.25, -0.2) is 9.78 Å². The number of aromatic amines is 1. The first-order chi connectivity index (χ1) is 21.0. The fraction of sp³-hybridized carbons (Fsp3) is 0.394. The maximum Gasteiger partial charge on any atom is 0.410 e. The van der Waals surface area contributed by atoms with E-state index in [1.54, 1.807) is 13.3 Å². The van der Waals surface area contributed by atoms with Gasteiger partial charge in [-0.2, -0.15) is 10.1 Å². The van der Waals surface area contributed by atoms with Gasteiger partial charge >= 0.3 is 6.09 Å². The number of para-hydroxylation sites is 1. The summed E-state index contributed by atoms with van der Waals surface area (Å²) in [6.45, 7) is 15.9. The van der Waals surface area contributed by atoms with Crippen LogP contribution in [-0.2, 0) is 9.30 Å². The number of fused-ring (bicyclic) bond motifs is 1. The molecule has 0 spiro atoms. The molecule has 3 N–H and O–H groups in total. The summed E-state index contributed by atoms with van der Waals surface area (Å²) in [5.41, 5.74) is 3.49. The summed E-state index contributed by atoms with van der Waals surface area (Å²) in [5.74, 6) is 0.743. The fourth-order valence-corrected chi connectivity index (χ4v) is 6.68. The van der Waals surface area contributed by atoms with E-state index in [-0.39, 0.29) is 17.6 Å². The topological polar surface area (TPSA) is 125 Å². The van der Waals surface area contributed by atoms with Crippen LogP contribution in [0.1, 0.15) is 53.7 Å². The number of carbonyl (C=O) groups excluding carboxylic acids is 1. The number of aromatic nitrogens is 4. The minimum Gasteiger partial charge on any atom is -0.444 e. The van der Waals surface area contributed by atoms with E-state index in [2.05, 4.69) is 57.6 Å². The molecule has 0 aliphatic carbocycles. The van der Waals surface area contributed by atoms with Gasteiger partial charge in [0.25, 0.3) is 0 Å². The second-order valence-corrected chi connectivity index (χ2v) is 17.4. The van der Waals surface area contributed by atoms with E-state index in [9.17, 15) is 9.36 Å². The first-order valence-corrected chi connectivity index (χ1v) is 17.9. The summed E-state index contributed by atoms with van der Waals surface area (Å²) >= 11 is 6.46. The van der Waals surface area contributed by atoms with Gasteiger partial charge in [-0.15, -0.1) is 0 Å². The molecule has 12 heteroatoms. The van der Waals surface area contributed by atoms with Crippen molar-refractivity contribution in [1.29, 1.82) is 0 Å². The molecule has 2 aromatic carbocycles. The van der Waals surface area contributed by atoms with Gasteiger partial charge in [0.05, 0.1) is 23.1 Å². The van der Waals surface area contributed by atoms with E-state index in [1.807, 2.05) is 68.1 Å². The molecule has 4 aromatic rings. The third-order valence-corrected chi connectivity index (χ3v) is 9.38. The number of halogens is 1. The molecule has 238 valence electrons. The van der Waals surface area contributed by atoms with Gasteiger partial charge in [0, 0.05) is 29.0 Å². The number of nitrogens with one attached hydrogen (secondary N) is 3. The second kappa shape index (κ2) is 12.1. The normalized spacial score (nSPS) is 16.0. The van der Waals surface area contributed by atoms with Crippen LogP contribution in [0.4, 0.5) is 27.9 Å². The minimum atomic E-state index is -2.54. The van der Waals surface area contributed by atoms with Crippen molar-refractivity contribution in [3.05, 3.63) is 65.5 Å². The lowest BCUT2D eigenvalue weighted by atomic mass is 9.79. The Balaban J connectivity index is 1.41. The van der Waals surface area contributed by atoms with Crippen molar-refractivity contribution in [1.82, 2.24) is 25.1 Å². The lowest BCUT2D eigenvalue weighted by molar-refractivity contribution is 0.00503. The Morgan fingerprint density at radius 1 is 1.09 bits per heavy atom. The van der Waals surface area contributed by atoms with Crippen molar-refractivity contribution in [3.63, 3.8) is 0 Å². The zero-order valence-corrected chi connectivity index (χ0v) is 28.7. The zero-order chi connectivity index (χ0) is 32.7. The van der Waals surface area contributed by atoms with Crippen LogP contribution in [0.2, 0.25) is 5.02 Å². The van der Waals surface area contributed by atoms with E-state index >= 15 is 0 Å². The molecule has 2 aromatic heterocycles. The van der Waals surface area contributed by atoms with Crippen molar-refractivity contribution in [2.24, 2.45) is 5.41 Å². The van der Waals surface area contributed by atoms with E-state index in [4.69, 9.17) is 16.3 Å². The molecule has 45 heavy (non-hydrogen) atoms. The van der Waals surface area contributed by atoms with E-state index in [0.29, 0.717) is 40.7 Å². The van der Waals surface area contributed by atoms with Crippen LogP contribution < -0.4 is 15.9 Å². The SMILES string of the molecule is CC(C)(C)OC(=O)N1CC=C(c2n[nH]c3ccc(Nc4ncc(Cl)c(Nc5ccccc5P(C)(C)=O)n4)cc23)CC1C(C)(C)C. The van der Waals surface area contributed by atoms with Crippen molar-refractivity contribution in [2.45, 2.75) is 59.6 Å². The number of hydrogen-bond acceptors (Lipinski definition) is 8. The van der Waals surface area contributed by atoms with Gasteiger partial charge in [0.1, 0.15) is 17.8 Å². The van der Waals surface area contributed by atoms with Crippen molar-refractivity contribution < 1.29 is 14.1 Å². The Morgan fingerprint density at radius 2 is 1.82 bits per heavy atom. The van der Waals surface area contributed by atoms with Crippen molar-refractivity contribution >= 4 is 69.8 Å². The van der Waals surface area contributed by atoms with Gasteiger partial charge < -0.3 is 24.8 Å². The molecular weight excluding hydrogens is 609 g/mol. The Labute approximate surface area is 269 Å². The molecule has 3 heterocycles. The second-order valence-electron chi connectivity index (χ2n) is 13.8. The van der Waals surface area contributed by atoms with Crippen molar-refractivity contribution in [2.75, 3.05) is 30.5 Å². The van der Waals surface area contributed by atoms with Crippen LogP contribution in [-0.4, -0.2) is 62.7 Å². The maximum atomic E-state index is 13.1. The van der Waals surface area contributed by atoms with Crippen LogP contribution in [0.3, 0.4) is 0 Å². The molecule has 1 aliphatic heterocycles. The van der Waals surface area contributed by atoms with Gasteiger partial charge in [0.15, 0.2) is 5.82 Å². The number of carbonyl (C=O) groups is 1. The average Bonchev–Trinajstić information content (AvgIpc) is 3.36. The standard InChI is InChI=1S/C33H41ClN7O3P/c1-32(2,3)27-17-20(15-16-41(27)31(42)44-33(4,5)6)28-22-18-21(13-14-24(22)39-40-28)36-30-35-19-23(34)29(38-30)37-25-11-9-10-12-26(25)45(7,8)43/h9-15,18-19,27H,16-17H2,1-8H3,(H,39,40)(H2,35,36,37,38). The molecule has 0 saturated heterocycles. The number of rotatable bonds is 6. The summed E-state index contributed by atoms with van der Waals surface area (Å²) in [6.07, 6.45) is 3.91. The highest BCUT2D eigenvalue weighted by Crippen LogP contribution is 2.40. The molecule has 10 nitrogen and oxygen atoms in total. The number of H-pyrrole nitrogens is 1. The predicted molar refractivity (Wildman–Crippen MR) is 184 cm³/mol. The highest BCUT2D eigenvalue weighted by molar-refractivity contribution is 7.70. The third-order valence-electron chi connectivity index (χ3n) is 7.56. The monoisotopic (exact) mass is 649 g/mol. The highest BCUT2D eigenvalue weighted by atomic mass is 35.5. The van der Waals surface area contributed by atoms with Crippen LogP contribution in [0.15, 0.2) is 54.7 Å². The summed E-state index contributed by atoms with van der Waals surface area (Å²) < 4.78 is 18.6. The Hall–Kier alpha value is -3.88. The largest absolute Gasteiger partial charge is 0.444 e. The van der Waals surface area contributed by atoms with Crippen LogP contribution in [0.5, 0.6) is 0 Å². The number of benzene rings is 2. The van der Waals surface area contributed by atoms with Crippen molar-refractivity contribution in [3.8, 4) is 0 Å². The maximum absolute atomic E-state index is 13.1. The van der Waals surface area contributed by atoms with Crippen LogP contribution in [0, 0.1) is 5.41 Å². The Kier molecular flexibility index (Phi) is 8.77. The molecule has 1 aliphatic rings. The molecule has 1 atom stereocenters. The molecule has 0 bridgehead atoms. The molecule has 0 fully saturated rings. The average molecular weight is 650 g/mol. The number of nitrogens with zero attached hydrogens (tertiary/aromatic N) is 4. The quantitative estimate of drug-likeness (QED) is 0.179. The molecule has 5 rings (SSSR count). The number of anilines is 4. The minimum absolute atomic E-state index is 0.0757. The lowest BCUT2D eigenvalue weighted by Gasteiger charge is -2.43. The highest BCUT2D eigenvalue weighted by Gasteiger charge is 2.38. The first-order valence-electron chi connectivity index (χ1n) is 14.9. The lowest BCUT2D eigenvalue weighted by Crippen LogP contribution is -2.50. The molecule has 1 unspecified atom stereocenters. The van der Waals surface area contributed by atoms with Gasteiger partial charge in [-0.05, 0) is 81.8 Å².